The van der Waals surface area contributed by atoms with E-state index in [9.17, 15) is 0 Å². The zero-order valence-corrected chi connectivity index (χ0v) is 12.0. The molecule has 0 aliphatic heterocycles. The summed E-state index contributed by atoms with van der Waals surface area (Å²) in [5.41, 5.74) is 3.88. The lowest BCUT2D eigenvalue weighted by atomic mass is 9.88. The van der Waals surface area contributed by atoms with E-state index in [0.717, 1.165) is 11.5 Å². The van der Waals surface area contributed by atoms with Gasteiger partial charge in [0.15, 0.2) is 0 Å². The van der Waals surface area contributed by atoms with Crippen LogP contribution in [0, 0.1) is 6.92 Å². The highest BCUT2D eigenvalue weighted by Crippen LogP contribution is 2.40. The van der Waals surface area contributed by atoms with Gasteiger partial charge in [-0.05, 0) is 24.3 Å². The van der Waals surface area contributed by atoms with Gasteiger partial charge in [0, 0.05) is 17.2 Å². The summed E-state index contributed by atoms with van der Waals surface area (Å²) in [6, 6.07) is 2.01. The molecule has 0 atom stereocenters. The van der Waals surface area contributed by atoms with Crippen LogP contribution in [-0.2, 0) is 0 Å². The van der Waals surface area contributed by atoms with Crippen LogP contribution in [0.5, 0.6) is 11.5 Å². The topological polar surface area (TPSA) is 18.5 Å². The molecule has 0 spiro atoms. The van der Waals surface area contributed by atoms with Gasteiger partial charge in [0.05, 0.1) is 14.2 Å². The van der Waals surface area contributed by atoms with Crippen molar-refractivity contribution in [2.75, 3.05) is 14.2 Å². The molecule has 0 aliphatic rings. The zero-order valence-electron chi connectivity index (χ0n) is 12.0. The van der Waals surface area contributed by atoms with E-state index in [-0.39, 0.29) is 0 Å². The van der Waals surface area contributed by atoms with E-state index in [4.69, 9.17) is 9.47 Å². The molecule has 0 fully saturated rings. The minimum Gasteiger partial charge on any atom is -0.496 e. The second-order valence-electron chi connectivity index (χ2n) is 5.04. The van der Waals surface area contributed by atoms with Crippen LogP contribution in [0.25, 0.3) is 0 Å². The van der Waals surface area contributed by atoms with Gasteiger partial charge in [0.2, 0.25) is 0 Å². The molecule has 0 unspecified atom stereocenters. The molecule has 1 aromatic carbocycles. The third kappa shape index (κ3) is 2.56. The van der Waals surface area contributed by atoms with Crippen LogP contribution < -0.4 is 9.47 Å². The van der Waals surface area contributed by atoms with Gasteiger partial charge in [-0.1, -0.05) is 27.7 Å². The van der Waals surface area contributed by atoms with Crippen molar-refractivity contribution in [2.24, 2.45) is 0 Å². The lowest BCUT2D eigenvalue weighted by Gasteiger charge is -2.22. The summed E-state index contributed by atoms with van der Waals surface area (Å²) in [4.78, 5) is 0. The smallest absolute Gasteiger partial charge is 0.126 e. The van der Waals surface area contributed by atoms with Gasteiger partial charge in [-0.3, -0.25) is 0 Å². The van der Waals surface area contributed by atoms with Gasteiger partial charge in [-0.25, -0.2) is 0 Å². The Hall–Kier alpha value is -1.18. The lowest BCUT2D eigenvalue weighted by Crippen LogP contribution is -2.05. The number of hydrogen-bond donors (Lipinski definition) is 0. The van der Waals surface area contributed by atoms with Gasteiger partial charge in [-0.2, -0.15) is 0 Å². The van der Waals surface area contributed by atoms with E-state index in [1.54, 1.807) is 14.2 Å². The molecule has 0 aromatic heterocycles. The summed E-state index contributed by atoms with van der Waals surface area (Å²) < 4.78 is 11.0. The molecule has 0 aliphatic carbocycles. The zero-order chi connectivity index (χ0) is 13.2. The molecule has 0 saturated heterocycles. The summed E-state index contributed by atoms with van der Waals surface area (Å²) >= 11 is 0. The molecule has 17 heavy (non-hydrogen) atoms. The molecule has 0 heterocycles. The Kier molecular flexibility index (Phi) is 4.44. The Balaban J connectivity index is 3.56. The second kappa shape index (κ2) is 5.44. The van der Waals surface area contributed by atoms with Gasteiger partial charge in [0.1, 0.15) is 11.5 Å². The monoisotopic (exact) mass is 236 g/mol. The molecule has 1 rings (SSSR count). The maximum Gasteiger partial charge on any atom is 0.126 e. The van der Waals surface area contributed by atoms with Crippen LogP contribution in [0.15, 0.2) is 6.07 Å². The minimum atomic E-state index is 0.452. The largest absolute Gasteiger partial charge is 0.496 e. The van der Waals surface area contributed by atoms with Crippen LogP contribution >= 0.6 is 0 Å². The summed E-state index contributed by atoms with van der Waals surface area (Å²) in [6.45, 7) is 10.9. The number of methoxy groups -OCH3 is 2. The fourth-order valence-electron chi connectivity index (χ4n) is 2.56. The Morgan fingerprint density at radius 2 is 1.18 bits per heavy atom. The first kappa shape index (κ1) is 13.9. The highest BCUT2D eigenvalue weighted by atomic mass is 16.5. The highest BCUT2D eigenvalue weighted by Gasteiger charge is 2.20. The standard InChI is InChI=1S/C15H24O2/c1-9(2)14-11(5)15(10(3)4)13(17-7)8-12(14)16-6/h8-10H,1-7H3. The molecule has 96 valence electrons. The molecule has 2 nitrogen and oxygen atoms in total. The average Bonchev–Trinajstić information content (AvgIpc) is 2.26. The van der Waals surface area contributed by atoms with Crippen LogP contribution in [-0.4, -0.2) is 14.2 Å². The second-order valence-corrected chi connectivity index (χ2v) is 5.04. The Bertz CT molecular complexity index is 358. The third-order valence-electron chi connectivity index (χ3n) is 3.20. The minimum absolute atomic E-state index is 0.452. The average molecular weight is 236 g/mol. The Labute approximate surface area is 105 Å². The number of rotatable bonds is 4. The van der Waals surface area contributed by atoms with Gasteiger partial charge in [0.25, 0.3) is 0 Å². The van der Waals surface area contributed by atoms with Crippen molar-refractivity contribution in [1.29, 1.82) is 0 Å². The molecule has 0 radical (unpaired) electrons. The summed E-state index contributed by atoms with van der Waals surface area (Å²) in [6.07, 6.45) is 0. The molecule has 0 N–H and O–H groups in total. The maximum atomic E-state index is 5.48. The Morgan fingerprint density at radius 3 is 1.41 bits per heavy atom. The predicted octanol–water partition coefficient (Wildman–Crippen LogP) is 4.26. The quantitative estimate of drug-likeness (QED) is 0.777. The van der Waals surface area contributed by atoms with E-state index in [0.29, 0.717) is 11.8 Å². The molecule has 0 amide bonds. The van der Waals surface area contributed by atoms with E-state index in [2.05, 4.69) is 34.6 Å². The molecular weight excluding hydrogens is 212 g/mol. The molecule has 2 heteroatoms. The summed E-state index contributed by atoms with van der Waals surface area (Å²) in [7, 11) is 3.43. The van der Waals surface area contributed by atoms with Gasteiger partial charge < -0.3 is 9.47 Å². The SMILES string of the molecule is COc1cc(OC)c(C(C)C)c(C)c1C(C)C. The molecule has 1 aromatic rings. The van der Waals surface area contributed by atoms with Crippen molar-refractivity contribution in [3.8, 4) is 11.5 Å². The highest BCUT2D eigenvalue weighted by molar-refractivity contribution is 5.54. The van der Waals surface area contributed by atoms with E-state index < -0.39 is 0 Å². The fourth-order valence-corrected chi connectivity index (χ4v) is 2.56. The van der Waals surface area contributed by atoms with Crippen LogP contribution in [0.3, 0.4) is 0 Å². The first-order valence-corrected chi connectivity index (χ1v) is 6.19. The summed E-state index contributed by atoms with van der Waals surface area (Å²) in [5, 5.41) is 0. The third-order valence-corrected chi connectivity index (χ3v) is 3.20. The van der Waals surface area contributed by atoms with Crippen LogP contribution in [0.4, 0.5) is 0 Å². The van der Waals surface area contributed by atoms with E-state index >= 15 is 0 Å². The van der Waals surface area contributed by atoms with Crippen molar-refractivity contribution < 1.29 is 9.47 Å². The molecular formula is C15H24O2. The number of ether oxygens (including phenoxy) is 2. The van der Waals surface area contributed by atoms with Crippen molar-refractivity contribution in [3.63, 3.8) is 0 Å². The first-order valence-electron chi connectivity index (χ1n) is 6.19. The van der Waals surface area contributed by atoms with Crippen molar-refractivity contribution >= 4 is 0 Å². The number of hydrogen-bond acceptors (Lipinski definition) is 2. The normalized spacial score (nSPS) is 11.1. The number of benzene rings is 1. The summed E-state index contributed by atoms with van der Waals surface area (Å²) in [5.74, 6) is 2.76. The van der Waals surface area contributed by atoms with Gasteiger partial charge >= 0.3 is 0 Å². The molecule has 0 bridgehead atoms. The van der Waals surface area contributed by atoms with Crippen LogP contribution in [0.1, 0.15) is 56.2 Å². The van der Waals surface area contributed by atoms with E-state index in [1.807, 2.05) is 6.07 Å². The lowest BCUT2D eigenvalue weighted by molar-refractivity contribution is 0.384. The molecule has 0 saturated carbocycles. The predicted molar refractivity (Wildman–Crippen MR) is 72.5 cm³/mol. The van der Waals surface area contributed by atoms with Gasteiger partial charge in [-0.15, -0.1) is 0 Å². The fraction of sp³-hybridized carbons (Fsp3) is 0.600. The van der Waals surface area contributed by atoms with E-state index in [1.165, 1.54) is 16.7 Å². The van der Waals surface area contributed by atoms with Crippen molar-refractivity contribution in [3.05, 3.63) is 22.8 Å². The van der Waals surface area contributed by atoms with Crippen molar-refractivity contribution in [1.82, 2.24) is 0 Å². The van der Waals surface area contributed by atoms with Crippen molar-refractivity contribution in [2.45, 2.75) is 46.5 Å². The van der Waals surface area contributed by atoms with Crippen LogP contribution in [0.2, 0.25) is 0 Å². The Morgan fingerprint density at radius 1 is 0.824 bits per heavy atom. The maximum absolute atomic E-state index is 5.48. The first-order chi connectivity index (χ1) is 7.93.